The number of alkyl halides is 1. The van der Waals surface area contributed by atoms with Gasteiger partial charge in [0.15, 0.2) is 0 Å². The maximum Gasteiger partial charge on any atom is 0.236 e. The normalized spacial score (nSPS) is 12.6. The van der Waals surface area contributed by atoms with E-state index in [0.717, 1.165) is 5.56 Å². The van der Waals surface area contributed by atoms with Crippen LogP contribution in [-0.4, -0.2) is 26.7 Å². The van der Waals surface area contributed by atoms with Gasteiger partial charge in [0.1, 0.15) is 0 Å². The predicted octanol–water partition coefficient (Wildman–Crippen LogP) is 2.60. The van der Waals surface area contributed by atoms with Gasteiger partial charge in [0.2, 0.25) is 5.91 Å². The highest BCUT2D eigenvalue weighted by Crippen LogP contribution is 2.12. The Hall–Kier alpha value is -0.900. The van der Waals surface area contributed by atoms with Crippen LogP contribution in [0.3, 0.4) is 0 Å². The molecule has 0 aromatic carbocycles. The number of rotatable bonds is 4. The van der Waals surface area contributed by atoms with Crippen molar-refractivity contribution >= 4 is 21.8 Å². The van der Waals surface area contributed by atoms with E-state index in [-0.39, 0.29) is 16.8 Å². The number of hydrogen-bond acceptors (Lipinski definition) is 2. The van der Waals surface area contributed by atoms with Crippen LogP contribution in [0.25, 0.3) is 0 Å². The van der Waals surface area contributed by atoms with Crippen LogP contribution in [0.5, 0.6) is 0 Å². The van der Waals surface area contributed by atoms with Gasteiger partial charge in [-0.05, 0) is 32.4 Å². The van der Waals surface area contributed by atoms with Crippen molar-refractivity contribution in [2.75, 3.05) is 0 Å². The van der Waals surface area contributed by atoms with Gasteiger partial charge in [-0.3, -0.25) is 9.78 Å². The third-order valence-corrected chi connectivity index (χ3v) is 2.71. The summed E-state index contributed by atoms with van der Waals surface area (Å²) in [6.45, 7) is 6.49. The molecule has 0 saturated carbocycles. The van der Waals surface area contributed by atoms with Crippen LogP contribution in [0.4, 0.5) is 0 Å². The van der Waals surface area contributed by atoms with Gasteiger partial charge in [0.05, 0.1) is 4.83 Å². The van der Waals surface area contributed by atoms with Gasteiger partial charge in [-0.2, -0.15) is 0 Å². The Morgan fingerprint density at radius 2 is 2.19 bits per heavy atom. The second-order valence-corrected chi connectivity index (χ2v) is 5.41. The first-order valence-corrected chi connectivity index (χ1v) is 6.27. The van der Waals surface area contributed by atoms with Gasteiger partial charge < -0.3 is 4.90 Å². The summed E-state index contributed by atoms with van der Waals surface area (Å²) in [6, 6.07) is 4.05. The lowest BCUT2D eigenvalue weighted by atomic mass is 10.2. The van der Waals surface area contributed by atoms with Crippen LogP contribution >= 0.6 is 15.9 Å². The molecule has 1 rings (SSSR count). The van der Waals surface area contributed by atoms with Gasteiger partial charge in [0.25, 0.3) is 0 Å². The number of carbonyl (C=O) groups is 1. The number of carbonyl (C=O) groups excluding carboxylic acids is 1. The lowest BCUT2D eigenvalue weighted by molar-refractivity contribution is -0.132. The maximum absolute atomic E-state index is 11.9. The van der Waals surface area contributed by atoms with Crippen LogP contribution in [0, 0.1) is 0 Å². The molecular weight excluding hydrogens is 268 g/mol. The molecule has 1 heterocycles. The van der Waals surface area contributed by atoms with Crippen LogP contribution in [0.1, 0.15) is 26.3 Å². The average molecular weight is 285 g/mol. The van der Waals surface area contributed by atoms with Gasteiger partial charge in [-0.1, -0.05) is 22.0 Å². The van der Waals surface area contributed by atoms with Crippen LogP contribution in [-0.2, 0) is 11.3 Å². The molecule has 0 aliphatic rings. The first kappa shape index (κ1) is 13.2. The molecule has 1 aromatic heterocycles. The summed E-state index contributed by atoms with van der Waals surface area (Å²) in [5.74, 6) is 0.110. The summed E-state index contributed by atoms with van der Waals surface area (Å²) in [4.78, 5) is 17.7. The Bertz CT molecular complexity index is 338. The Morgan fingerprint density at radius 1 is 1.50 bits per heavy atom. The molecule has 16 heavy (non-hydrogen) atoms. The zero-order valence-electron chi connectivity index (χ0n) is 9.85. The minimum Gasteiger partial charge on any atom is -0.335 e. The van der Waals surface area contributed by atoms with Crippen molar-refractivity contribution in [3.8, 4) is 0 Å². The van der Waals surface area contributed by atoms with Gasteiger partial charge in [-0.15, -0.1) is 0 Å². The highest BCUT2D eigenvalue weighted by molar-refractivity contribution is 9.10. The number of amides is 1. The molecule has 1 amide bonds. The minimum absolute atomic E-state index is 0.110. The largest absolute Gasteiger partial charge is 0.335 e. The minimum atomic E-state index is -0.147. The highest BCUT2D eigenvalue weighted by atomic mass is 79.9. The van der Waals surface area contributed by atoms with Crippen molar-refractivity contribution in [3.63, 3.8) is 0 Å². The number of pyridine rings is 1. The summed E-state index contributed by atoms with van der Waals surface area (Å²) in [5.41, 5.74) is 1.05. The van der Waals surface area contributed by atoms with Crippen molar-refractivity contribution < 1.29 is 4.79 Å². The molecule has 1 aromatic rings. The van der Waals surface area contributed by atoms with E-state index in [1.165, 1.54) is 0 Å². The summed E-state index contributed by atoms with van der Waals surface area (Å²) < 4.78 is 0. The Kier molecular flexibility index (Phi) is 4.93. The second kappa shape index (κ2) is 5.99. The van der Waals surface area contributed by atoms with E-state index in [0.29, 0.717) is 6.54 Å². The lowest BCUT2D eigenvalue weighted by Gasteiger charge is -2.28. The molecule has 0 radical (unpaired) electrons. The molecule has 0 saturated heterocycles. The SMILES string of the molecule is CC(Br)C(=O)N(Cc1cccnc1)C(C)C. The third-order valence-electron chi connectivity index (χ3n) is 2.32. The van der Waals surface area contributed by atoms with E-state index in [1.54, 1.807) is 12.4 Å². The summed E-state index contributed by atoms with van der Waals surface area (Å²) in [6.07, 6.45) is 3.53. The van der Waals surface area contributed by atoms with Gasteiger partial charge in [-0.25, -0.2) is 0 Å². The fourth-order valence-corrected chi connectivity index (χ4v) is 1.69. The summed E-state index contributed by atoms with van der Waals surface area (Å²) in [5, 5.41) is 0. The molecule has 3 nitrogen and oxygen atoms in total. The van der Waals surface area contributed by atoms with Gasteiger partial charge in [0, 0.05) is 25.0 Å². The average Bonchev–Trinajstić information content (AvgIpc) is 2.26. The molecule has 0 fully saturated rings. The molecule has 0 bridgehead atoms. The highest BCUT2D eigenvalue weighted by Gasteiger charge is 2.20. The molecule has 88 valence electrons. The summed E-state index contributed by atoms with van der Waals surface area (Å²) >= 11 is 3.32. The zero-order valence-corrected chi connectivity index (χ0v) is 11.4. The van der Waals surface area contributed by atoms with Crippen molar-refractivity contribution in [1.29, 1.82) is 0 Å². The van der Waals surface area contributed by atoms with Crippen molar-refractivity contribution in [2.45, 2.75) is 38.2 Å². The number of halogens is 1. The first-order valence-electron chi connectivity index (χ1n) is 5.36. The zero-order chi connectivity index (χ0) is 12.1. The first-order chi connectivity index (χ1) is 7.52. The quantitative estimate of drug-likeness (QED) is 0.797. The molecule has 1 atom stereocenters. The van der Waals surface area contributed by atoms with E-state index in [1.807, 2.05) is 37.8 Å². The van der Waals surface area contributed by atoms with Crippen molar-refractivity contribution in [1.82, 2.24) is 9.88 Å². The Morgan fingerprint density at radius 3 is 2.62 bits per heavy atom. The topological polar surface area (TPSA) is 33.2 Å². The number of aromatic nitrogens is 1. The Balaban J connectivity index is 2.77. The van der Waals surface area contributed by atoms with E-state index in [9.17, 15) is 4.79 Å². The predicted molar refractivity (Wildman–Crippen MR) is 68.3 cm³/mol. The van der Waals surface area contributed by atoms with E-state index in [4.69, 9.17) is 0 Å². The molecule has 0 aliphatic carbocycles. The van der Waals surface area contributed by atoms with E-state index >= 15 is 0 Å². The van der Waals surface area contributed by atoms with Crippen LogP contribution in [0.2, 0.25) is 0 Å². The fourth-order valence-electron chi connectivity index (χ4n) is 1.43. The molecular formula is C12H17BrN2O. The smallest absolute Gasteiger partial charge is 0.236 e. The van der Waals surface area contributed by atoms with Crippen molar-refractivity contribution in [2.24, 2.45) is 0 Å². The molecule has 0 spiro atoms. The molecule has 0 N–H and O–H groups in total. The van der Waals surface area contributed by atoms with Crippen LogP contribution in [0.15, 0.2) is 24.5 Å². The van der Waals surface area contributed by atoms with Crippen LogP contribution < -0.4 is 0 Å². The summed E-state index contributed by atoms with van der Waals surface area (Å²) in [7, 11) is 0. The molecule has 1 unspecified atom stereocenters. The standard InChI is InChI=1S/C12H17BrN2O/c1-9(2)15(12(16)10(3)13)8-11-5-4-6-14-7-11/h4-7,9-10H,8H2,1-3H3. The van der Waals surface area contributed by atoms with E-state index in [2.05, 4.69) is 20.9 Å². The van der Waals surface area contributed by atoms with Gasteiger partial charge >= 0.3 is 0 Å². The maximum atomic E-state index is 11.9. The molecule has 4 heteroatoms. The number of nitrogens with zero attached hydrogens (tertiary/aromatic N) is 2. The number of hydrogen-bond donors (Lipinski definition) is 0. The van der Waals surface area contributed by atoms with E-state index < -0.39 is 0 Å². The molecule has 0 aliphatic heterocycles. The van der Waals surface area contributed by atoms with Crippen molar-refractivity contribution in [3.05, 3.63) is 30.1 Å². The lowest BCUT2D eigenvalue weighted by Crippen LogP contribution is -2.40. The monoisotopic (exact) mass is 284 g/mol. The Labute approximate surface area is 105 Å². The fraction of sp³-hybridized carbons (Fsp3) is 0.500. The third kappa shape index (κ3) is 3.59. The second-order valence-electron chi connectivity index (χ2n) is 4.04.